The first kappa shape index (κ1) is 30.0. The topological polar surface area (TPSA) is 93.5 Å². The van der Waals surface area contributed by atoms with Gasteiger partial charge < -0.3 is 19.6 Å². The number of carboxylic acid groups (broad SMARTS) is 1. The number of imidazole rings is 2. The highest BCUT2D eigenvalue weighted by Gasteiger charge is 2.54. The number of nitrogens with one attached hydrogen (secondary N) is 1. The van der Waals surface area contributed by atoms with E-state index in [4.69, 9.17) is 0 Å². The molecule has 43 heavy (non-hydrogen) atoms. The zero-order valence-electron chi connectivity index (χ0n) is 26.0. The van der Waals surface area contributed by atoms with E-state index in [1.807, 2.05) is 25.6 Å². The van der Waals surface area contributed by atoms with E-state index in [-0.39, 0.29) is 5.41 Å². The Balaban J connectivity index is 1.13. The van der Waals surface area contributed by atoms with E-state index >= 15 is 0 Å². The molecule has 0 bridgehead atoms. The van der Waals surface area contributed by atoms with Gasteiger partial charge in [-0.25, -0.2) is 9.97 Å². The number of H-pyrrole nitrogens is 1. The van der Waals surface area contributed by atoms with Crippen molar-refractivity contribution >= 4 is 5.97 Å². The lowest BCUT2D eigenvalue weighted by atomic mass is 9.70. The molecule has 1 aromatic carbocycles. The number of aryl methyl sites for hydroxylation is 1. The molecule has 3 aliphatic rings. The largest absolute Gasteiger partial charge is 0.480 e. The maximum atomic E-state index is 12.6. The van der Waals surface area contributed by atoms with Crippen LogP contribution in [0.4, 0.5) is 0 Å². The van der Waals surface area contributed by atoms with Crippen molar-refractivity contribution in [2.75, 3.05) is 13.1 Å². The van der Waals surface area contributed by atoms with Gasteiger partial charge in [-0.2, -0.15) is 0 Å². The highest BCUT2D eigenvalue weighted by molar-refractivity contribution is 5.74. The summed E-state index contributed by atoms with van der Waals surface area (Å²) in [5.74, 6) is 1.29. The third-order valence-corrected chi connectivity index (χ3v) is 10.7. The molecule has 4 heterocycles. The minimum absolute atomic E-state index is 0.111. The van der Waals surface area contributed by atoms with Crippen molar-refractivity contribution in [3.8, 4) is 0 Å². The van der Waals surface area contributed by atoms with Gasteiger partial charge in [0.25, 0.3) is 0 Å². The van der Waals surface area contributed by atoms with Crippen molar-refractivity contribution in [3.05, 3.63) is 71.8 Å². The van der Waals surface area contributed by atoms with Crippen molar-refractivity contribution in [3.63, 3.8) is 0 Å². The number of aromatic amines is 1. The molecule has 6 rings (SSSR count). The summed E-state index contributed by atoms with van der Waals surface area (Å²) in [6.07, 6.45) is 18.3. The van der Waals surface area contributed by atoms with Crippen molar-refractivity contribution in [1.82, 2.24) is 34.2 Å². The van der Waals surface area contributed by atoms with Gasteiger partial charge in [0.1, 0.15) is 17.7 Å². The fourth-order valence-electron chi connectivity index (χ4n) is 8.37. The Kier molecular flexibility index (Phi) is 9.31. The molecule has 9 heteroatoms. The number of aromatic nitrogens is 4. The number of benzene rings is 1. The number of carboxylic acids is 1. The first-order chi connectivity index (χ1) is 20.9. The predicted molar refractivity (Wildman–Crippen MR) is 167 cm³/mol. The number of hydrogen-bond donors (Lipinski definition) is 2. The second kappa shape index (κ2) is 13.3. The minimum Gasteiger partial charge on any atom is -0.480 e. The van der Waals surface area contributed by atoms with Crippen molar-refractivity contribution in [1.29, 1.82) is 0 Å². The second-order valence-electron chi connectivity index (χ2n) is 13.3. The lowest BCUT2D eigenvalue weighted by Crippen LogP contribution is -2.50. The number of hydrogen-bond acceptors (Lipinski definition) is 6. The molecule has 0 radical (unpaired) electrons. The Hall–Kier alpha value is -3.01. The van der Waals surface area contributed by atoms with Crippen LogP contribution in [0.5, 0.6) is 0 Å². The Morgan fingerprint density at radius 3 is 2.40 bits per heavy atom. The third-order valence-electron chi connectivity index (χ3n) is 10.7. The zero-order valence-corrected chi connectivity index (χ0v) is 26.0. The molecule has 2 atom stereocenters. The van der Waals surface area contributed by atoms with Crippen LogP contribution in [0.25, 0.3) is 0 Å². The van der Waals surface area contributed by atoms with Gasteiger partial charge in [0.2, 0.25) is 0 Å². The molecule has 2 N–H and O–H groups in total. The van der Waals surface area contributed by atoms with Crippen LogP contribution in [0, 0.1) is 5.41 Å². The molecule has 0 amide bonds. The third kappa shape index (κ3) is 6.74. The summed E-state index contributed by atoms with van der Waals surface area (Å²) in [6, 6.07) is 9.45. The molecule has 1 saturated carbocycles. The normalized spacial score (nSPS) is 23.4. The van der Waals surface area contributed by atoms with Crippen LogP contribution in [-0.2, 0) is 38.0 Å². The van der Waals surface area contributed by atoms with E-state index in [2.05, 4.69) is 65.4 Å². The summed E-state index contributed by atoms with van der Waals surface area (Å²) in [5, 5.41) is 10.3. The fourth-order valence-corrected chi connectivity index (χ4v) is 8.37. The number of aliphatic carboxylic acids is 1. The van der Waals surface area contributed by atoms with E-state index in [1.54, 1.807) is 6.20 Å². The van der Waals surface area contributed by atoms with E-state index in [0.29, 0.717) is 19.1 Å². The maximum Gasteiger partial charge on any atom is 0.320 e. The van der Waals surface area contributed by atoms with E-state index in [1.165, 1.54) is 43.2 Å². The van der Waals surface area contributed by atoms with Crippen LogP contribution in [0.1, 0.15) is 87.5 Å². The zero-order chi connectivity index (χ0) is 29.8. The van der Waals surface area contributed by atoms with Gasteiger partial charge in [-0.05, 0) is 68.2 Å². The van der Waals surface area contributed by atoms with Crippen molar-refractivity contribution in [2.45, 2.75) is 109 Å². The first-order valence-electron chi connectivity index (χ1n) is 16.4. The lowest BCUT2D eigenvalue weighted by Gasteiger charge is -2.47. The Bertz CT molecular complexity index is 1310. The smallest absolute Gasteiger partial charge is 0.320 e. The van der Waals surface area contributed by atoms with Crippen LogP contribution >= 0.6 is 0 Å². The Morgan fingerprint density at radius 2 is 1.77 bits per heavy atom. The molecule has 1 aliphatic carbocycles. The first-order valence-corrected chi connectivity index (χ1v) is 16.4. The quantitative estimate of drug-likeness (QED) is 0.319. The molecule has 2 aliphatic heterocycles. The Labute approximate surface area is 256 Å². The molecule has 3 fully saturated rings. The van der Waals surface area contributed by atoms with Gasteiger partial charge in [-0.3, -0.25) is 14.6 Å². The minimum atomic E-state index is -0.662. The summed E-state index contributed by atoms with van der Waals surface area (Å²) in [5.41, 5.74) is 2.52. The summed E-state index contributed by atoms with van der Waals surface area (Å²) in [6.45, 7) is 7.40. The van der Waals surface area contributed by atoms with Crippen LogP contribution < -0.4 is 0 Å². The van der Waals surface area contributed by atoms with Crippen LogP contribution in [-0.4, -0.2) is 76.5 Å². The molecule has 2 saturated heterocycles. The average Bonchev–Trinajstić information content (AvgIpc) is 3.75. The highest BCUT2D eigenvalue weighted by atomic mass is 16.4. The van der Waals surface area contributed by atoms with E-state index < -0.39 is 12.0 Å². The lowest BCUT2D eigenvalue weighted by molar-refractivity contribution is -0.142. The molecule has 1 spiro atoms. The molecule has 232 valence electrons. The summed E-state index contributed by atoms with van der Waals surface area (Å²) in [4.78, 5) is 32.2. The summed E-state index contributed by atoms with van der Waals surface area (Å²) >= 11 is 0. The van der Waals surface area contributed by atoms with Gasteiger partial charge in [0.15, 0.2) is 0 Å². The molecular formula is C34H49N7O2. The SMILES string of the molecule is CCC1N(Cc2ccc(CN(Cc3ncc[nH]3)Cc3nccn3C)cc2)[C@H](C(=O)O)CC12CCN(C1CCCCC1)CC2. The van der Waals surface area contributed by atoms with Crippen LogP contribution in [0.15, 0.2) is 49.1 Å². The second-order valence-corrected chi connectivity index (χ2v) is 13.3. The van der Waals surface area contributed by atoms with Gasteiger partial charge in [0, 0.05) is 57.0 Å². The molecule has 1 unspecified atom stereocenters. The molecular weight excluding hydrogens is 538 g/mol. The van der Waals surface area contributed by atoms with Crippen LogP contribution in [0.2, 0.25) is 0 Å². The predicted octanol–water partition coefficient (Wildman–Crippen LogP) is 5.20. The molecule has 9 nitrogen and oxygen atoms in total. The maximum absolute atomic E-state index is 12.6. The van der Waals surface area contributed by atoms with Gasteiger partial charge in [-0.1, -0.05) is 50.5 Å². The van der Waals surface area contributed by atoms with Crippen molar-refractivity contribution < 1.29 is 9.90 Å². The Morgan fingerprint density at radius 1 is 1.02 bits per heavy atom. The van der Waals surface area contributed by atoms with Crippen LogP contribution in [0.3, 0.4) is 0 Å². The van der Waals surface area contributed by atoms with Crippen molar-refractivity contribution in [2.24, 2.45) is 12.5 Å². The number of piperidine rings is 1. The summed E-state index contributed by atoms with van der Waals surface area (Å²) in [7, 11) is 2.03. The monoisotopic (exact) mass is 587 g/mol. The van der Waals surface area contributed by atoms with Gasteiger partial charge >= 0.3 is 5.97 Å². The van der Waals surface area contributed by atoms with E-state index in [0.717, 1.165) is 69.6 Å². The molecule has 3 aromatic rings. The average molecular weight is 588 g/mol. The molecule has 2 aromatic heterocycles. The number of rotatable bonds is 11. The number of nitrogens with zero attached hydrogens (tertiary/aromatic N) is 6. The van der Waals surface area contributed by atoms with Gasteiger partial charge in [-0.15, -0.1) is 0 Å². The number of likely N-dealkylation sites (tertiary alicyclic amines) is 2. The standard InChI is InChI=1S/C34H49N7O2/c1-3-30-34(13-18-40(19-14-34)28-7-5-4-6-8-28)21-29(33(42)43)41(30)23-27-11-9-26(10-12-27)22-39(24-31-35-15-16-36-31)25-32-37-17-20-38(32)2/h9-12,15-17,20,28-30H,3-8,13-14,18-19,21-25H2,1-2H3,(H,35,36)(H,42,43)/t29-,30?/m0/s1. The highest BCUT2D eigenvalue weighted by Crippen LogP contribution is 2.50. The van der Waals surface area contributed by atoms with Gasteiger partial charge in [0.05, 0.1) is 13.1 Å². The fraction of sp³-hybridized carbons (Fsp3) is 0.618. The van der Waals surface area contributed by atoms with E-state index in [9.17, 15) is 9.90 Å². The summed E-state index contributed by atoms with van der Waals surface area (Å²) < 4.78 is 2.06. The number of carbonyl (C=O) groups is 1.